The maximum atomic E-state index is 8.59. The summed E-state index contributed by atoms with van der Waals surface area (Å²) in [7, 11) is 0. The Kier molecular flexibility index (Phi) is 2.38. The SMILES string of the molecule is N#Cc1ccc(Nc2nncs2)cc1. The third kappa shape index (κ3) is 1.87. The van der Waals surface area contributed by atoms with Crippen LogP contribution in [0.3, 0.4) is 0 Å². The summed E-state index contributed by atoms with van der Waals surface area (Å²) in [6.07, 6.45) is 0. The summed E-state index contributed by atoms with van der Waals surface area (Å²) in [5.74, 6) is 0. The Hall–Kier alpha value is -1.93. The Morgan fingerprint density at radius 2 is 2.07 bits per heavy atom. The van der Waals surface area contributed by atoms with E-state index in [-0.39, 0.29) is 0 Å². The van der Waals surface area contributed by atoms with E-state index >= 15 is 0 Å². The zero-order chi connectivity index (χ0) is 9.80. The van der Waals surface area contributed by atoms with Gasteiger partial charge in [-0.1, -0.05) is 11.3 Å². The lowest BCUT2D eigenvalue weighted by atomic mass is 10.2. The van der Waals surface area contributed by atoms with Crippen LogP contribution < -0.4 is 5.32 Å². The van der Waals surface area contributed by atoms with Gasteiger partial charge in [-0.25, -0.2) is 0 Å². The molecule has 0 aliphatic carbocycles. The van der Waals surface area contributed by atoms with Crippen LogP contribution in [0.25, 0.3) is 0 Å². The summed E-state index contributed by atoms with van der Waals surface area (Å²) in [6, 6.07) is 9.23. The lowest BCUT2D eigenvalue weighted by molar-refractivity contribution is 1.09. The molecular formula is C9H6N4S. The Bertz CT molecular complexity index is 441. The first kappa shape index (κ1) is 8.66. The third-order valence-electron chi connectivity index (χ3n) is 1.63. The summed E-state index contributed by atoms with van der Waals surface area (Å²) in [4.78, 5) is 0. The molecule has 0 aliphatic heterocycles. The average molecular weight is 202 g/mol. The Balaban J connectivity index is 2.15. The van der Waals surface area contributed by atoms with Crippen LogP contribution in [0.2, 0.25) is 0 Å². The van der Waals surface area contributed by atoms with Crippen LogP contribution in [-0.2, 0) is 0 Å². The van der Waals surface area contributed by atoms with Crippen LogP contribution in [0, 0.1) is 11.3 Å². The van der Waals surface area contributed by atoms with Crippen molar-refractivity contribution in [1.29, 1.82) is 5.26 Å². The molecule has 2 rings (SSSR count). The van der Waals surface area contributed by atoms with Crippen molar-refractivity contribution >= 4 is 22.2 Å². The van der Waals surface area contributed by atoms with Gasteiger partial charge in [0.25, 0.3) is 0 Å². The van der Waals surface area contributed by atoms with Gasteiger partial charge in [0.2, 0.25) is 5.13 Å². The minimum absolute atomic E-state index is 0.646. The van der Waals surface area contributed by atoms with Gasteiger partial charge in [-0.2, -0.15) is 5.26 Å². The second-order valence-electron chi connectivity index (χ2n) is 2.56. The molecule has 0 unspecified atom stereocenters. The Labute approximate surface area is 84.8 Å². The molecule has 1 heterocycles. The Morgan fingerprint density at radius 1 is 1.29 bits per heavy atom. The fourth-order valence-electron chi connectivity index (χ4n) is 0.979. The predicted molar refractivity (Wildman–Crippen MR) is 54.3 cm³/mol. The number of anilines is 2. The fraction of sp³-hybridized carbons (Fsp3) is 0. The van der Waals surface area contributed by atoms with Crippen LogP contribution in [-0.4, -0.2) is 10.2 Å². The van der Waals surface area contributed by atoms with Gasteiger partial charge in [0, 0.05) is 5.69 Å². The first-order valence-electron chi connectivity index (χ1n) is 3.92. The van der Waals surface area contributed by atoms with E-state index in [0.717, 1.165) is 10.8 Å². The summed E-state index contributed by atoms with van der Waals surface area (Å²) in [5.41, 5.74) is 3.21. The minimum atomic E-state index is 0.646. The fourth-order valence-corrected chi connectivity index (χ4v) is 1.44. The van der Waals surface area contributed by atoms with Crippen molar-refractivity contribution < 1.29 is 0 Å². The number of aromatic nitrogens is 2. The molecule has 4 nitrogen and oxygen atoms in total. The summed E-state index contributed by atoms with van der Waals surface area (Å²) in [5, 5.41) is 20.0. The molecular weight excluding hydrogens is 196 g/mol. The van der Waals surface area contributed by atoms with Crippen molar-refractivity contribution in [2.75, 3.05) is 5.32 Å². The second kappa shape index (κ2) is 3.85. The van der Waals surface area contributed by atoms with E-state index in [0.29, 0.717) is 5.56 Å². The first-order valence-corrected chi connectivity index (χ1v) is 4.80. The average Bonchev–Trinajstić information content (AvgIpc) is 2.72. The molecule has 0 amide bonds. The quantitative estimate of drug-likeness (QED) is 0.810. The van der Waals surface area contributed by atoms with Crippen molar-refractivity contribution in [2.45, 2.75) is 0 Å². The van der Waals surface area contributed by atoms with E-state index in [1.165, 1.54) is 11.3 Å². The zero-order valence-corrected chi connectivity index (χ0v) is 7.95. The molecule has 5 heteroatoms. The molecule has 0 aliphatic rings. The van der Waals surface area contributed by atoms with E-state index < -0.39 is 0 Å². The van der Waals surface area contributed by atoms with E-state index in [4.69, 9.17) is 5.26 Å². The van der Waals surface area contributed by atoms with Crippen LogP contribution in [0.5, 0.6) is 0 Å². The zero-order valence-electron chi connectivity index (χ0n) is 7.14. The topological polar surface area (TPSA) is 61.6 Å². The molecule has 0 spiro atoms. The number of rotatable bonds is 2. The molecule has 1 N–H and O–H groups in total. The van der Waals surface area contributed by atoms with Crippen LogP contribution in [0.4, 0.5) is 10.8 Å². The molecule has 1 aromatic heterocycles. The highest BCUT2D eigenvalue weighted by molar-refractivity contribution is 7.13. The molecule has 0 saturated carbocycles. The van der Waals surface area contributed by atoms with Gasteiger partial charge in [-0.15, -0.1) is 10.2 Å². The number of hydrogen-bond donors (Lipinski definition) is 1. The van der Waals surface area contributed by atoms with Gasteiger partial charge in [0.1, 0.15) is 5.51 Å². The van der Waals surface area contributed by atoms with Gasteiger partial charge < -0.3 is 5.32 Å². The maximum absolute atomic E-state index is 8.59. The molecule has 0 saturated heterocycles. The number of nitrogens with one attached hydrogen (secondary N) is 1. The van der Waals surface area contributed by atoms with Gasteiger partial charge >= 0.3 is 0 Å². The lowest BCUT2D eigenvalue weighted by Crippen LogP contribution is -1.89. The number of nitriles is 1. The Morgan fingerprint density at radius 3 is 2.64 bits per heavy atom. The van der Waals surface area contributed by atoms with Gasteiger partial charge in [-0.05, 0) is 24.3 Å². The second-order valence-corrected chi connectivity index (χ2v) is 3.39. The summed E-state index contributed by atoms with van der Waals surface area (Å²) in [6.45, 7) is 0. The summed E-state index contributed by atoms with van der Waals surface area (Å²) < 4.78 is 0. The molecule has 0 fully saturated rings. The number of nitrogens with zero attached hydrogens (tertiary/aromatic N) is 3. The number of hydrogen-bond acceptors (Lipinski definition) is 5. The number of benzene rings is 1. The first-order chi connectivity index (χ1) is 6.88. The normalized spacial score (nSPS) is 9.36. The van der Waals surface area contributed by atoms with E-state index in [2.05, 4.69) is 21.6 Å². The van der Waals surface area contributed by atoms with E-state index in [1.807, 2.05) is 12.1 Å². The van der Waals surface area contributed by atoms with Gasteiger partial charge in [-0.3, -0.25) is 0 Å². The molecule has 2 aromatic rings. The summed E-state index contributed by atoms with van der Waals surface area (Å²) >= 11 is 1.43. The largest absolute Gasteiger partial charge is 0.330 e. The van der Waals surface area contributed by atoms with Crippen LogP contribution in [0.15, 0.2) is 29.8 Å². The monoisotopic (exact) mass is 202 g/mol. The van der Waals surface area contributed by atoms with Crippen LogP contribution in [0.1, 0.15) is 5.56 Å². The highest BCUT2D eigenvalue weighted by Gasteiger charge is 1.97. The van der Waals surface area contributed by atoms with Crippen LogP contribution >= 0.6 is 11.3 Å². The molecule has 68 valence electrons. The molecule has 14 heavy (non-hydrogen) atoms. The lowest BCUT2D eigenvalue weighted by Gasteiger charge is -2.00. The highest BCUT2D eigenvalue weighted by Crippen LogP contribution is 2.17. The minimum Gasteiger partial charge on any atom is -0.330 e. The van der Waals surface area contributed by atoms with E-state index in [1.54, 1.807) is 17.6 Å². The molecule has 1 aromatic carbocycles. The van der Waals surface area contributed by atoms with Gasteiger partial charge in [0.15, 0.2) is 0 Å². The smallest absolute Gasteiger partial charge is 0.209 e. The van der Waals surface area contributed by atoms with Crippen molar-refractivity contribution in [1.82, 2.24) is 10.2 Å². The molecule has 0 radical (unpaired) electrons. The third-order valence-corrected chi connectivity index (χ3v) is 2.23. The maximum Gasteiger partial charge on any atom is 0.209 e. The molecule has 0 atom stereocenters. The molecule has 0 bridgehead atoms. The predicted octanol–water partition coefficient (Wildman–Crippen LogP) is 2.15. The van der Waals surface area contributed by atoms with Crippen molar-refractivity contribution in [3.05, 3.63) is 35.3 Å². The van der Waals surface area contributed by atoms with Crippen molar-refractivity contribution in [3.63, 3.8) is 0 Å². The highest BCUT2D eigenvalue weighted by atomic mass is 32.1. The van der Waals surface area contributed by atoms with Crippen molar-refractivity contribution in [3.8, 4) is 6.07 Å². The van der Waals surface area contributed by atoms with Crippen molar-refractivity contribution in [2.24, 2.45) is 0 Å². The van der Waals surface area contributed by atoms with E-state index in [9.17, 15) is 0 Å². The van der Waals surface area contributed by atoms with Gasteiger partial charge in [0.05, 0.1) is 11.6 Å². The standard InChI is InChI=1S/C9H6N4S/c10-5-7-1-3-8(4-2-7)12-9-13-11-6-14-9/h1-4,6H,(H,12,13).